The highest BCUT2D eigenvalue weighted by molar-refractivity contribution is 5.69. The van der Waals surface area contributed by atoms with Crippen LogP contribution in [-0.4, -0.2) is 31.8 Å². The average Bonchev–Trinajstić information content (AvgIpc) is 2.65. The topological polar surface area (TPSA) is 90.4 Å². The molecule has 0 saturated carbocycles. The summed E-state index contributed by atoms with van der Waals surface area (Å²) in [7, 11) is 0. The van der Waals surface area contributed by atoms with Crippen molar-refractivity contribution >= 4 is 5.97 Å². The first-order valence-electron chi connectivity index (χ1n) is 11.2. The summed E-state index contributed by atoms with van der Waals surface area (Å²) in [5, 5.41) is 3.03. The zero-order chi connectivity index (χ0) is 20.0. The van der Waals surface area contributed by atoms with Crippen LogP contribution in [0, 0.1) is 0 Å². The summed E-state index contributed by atoms with van der Waals surface area (Å²) in [6.45, 7) is 3.95. The SMILES string of the molecule is CCCCCCCC/C=C\CCCCCCCC(=O)OC(N)CNCCN. The standard InChI is InChI=1S/C22H45N3O2/c1-2-3-4-5-6-7-8-9-10-11-12-13-14-15-16-17-22(26)27-21(24)20-25-19-18-23/h9-10,21,25H,2-8,11-20,23-24H2,1H3/b10-9-. The number of carbonyl (C=O) groups is 1. The van der Waals surface area contributed by atoms with E-state index in [1.165, 1.54) is 70.6 Å². The summed E-state index contributed by atoms with van der Waals surface area (Å²) < 4.78 is 5.14. The van der Waals surface area contributed by atoms with Gasteiger partial charge in [-0.15, -0.1) is 0 Å². The lowest BCUT2D eigenvalue weighted by molar-refractivity contribution is -0.148. The maximum Gasteiger partial charge on any atom is 0.307 e. The summed E-state index contributed by atoms with van der Waals surface area (Å²) >= 11 is 0. The van der Waals surface area contributed by atoms with Crippen LogP contribution in [-0.2, 0) is 9.53 Å². The lowest BCUT2D eigenvalue weighted by Crippen LogP contribution is -2.39. The normalized spacial score (nSPS) is 12.6. The molecule has 0 bridgehead atoms. The molecule has 0 rings (SSSR count). The first-order chi connectivity index (χ1) is 13.2. The summed E-state index contributed by atoms with van der Waals surface area (Å²) in [6.07, 6.45) is 20.8. The molecule has 5 heteroatoms. The Labute approximate surface area is 167 Å². The van der Waals surface area contributed by atoms with Gasteiger partial charge in [0.2, 0.25) is 0 Å². The summed E-state index contributed by atoms with van der Waals surface area (Å²) in [5.74, 6) is -0.199. The maximum absolute atomic E-state index is 11.7. The zero-order valence-corrected chi connectivity index (χ0v) is 17.7. The number of ether oxygens (including phenoxy) is 1. The highest BCUT2D eigenvalue weighted by Gasteiger charge is 2.08. The largest absolute Gasteiger partial charge is 0.445 e. The Bertz CT molecular complexity index is 348. The van der Waals surface area contributed by atoms with Crippen LogP contribution in [0.3, 0.4) is 0 Å². The number of rotatable bonds is 20. The average molecular weight is 384 g/mol. The Morgan fingerprint density at radius 2 is 1.48 bits per heavy atom. The van der Waals surface area contributed by atoms with E-state index >= 15 is 0 Å². The number of esters is 1. The molecule has 160 valence electrons. The predicted molar refractivity (Wildman–Crippen MR) is 115 cm³/mol. The molecule has 0 aromatic rings. The summed E-state index contributed by atoms with van der Waals surface area (Å²) in [5.41, 5.74) is 11.1. The molecule has 0 aliphatic rings. The van der Waals surface area contributed by atoms with E-state index in [1.807, 2.05) is 0 Å². The van der Waals surface area contributed by atoms with Crippen molar-refractivity contribution in [3.05, 3.63) is 12.2 Å². The number of hydrogen-bond acceptors (Lipinski definition) is 5. The van der Waals surface area contributed by atoms with Gasteiger partial charge >= 0.3 is 5.97 Å². The molecule has 1 atom stereocenters. The molecule has 0 amide bonds. The summed E-state index contributed by atoms with van der Waals surface area (Å²) in [4.78, 5) is 11.7. The van der Waals surface area contributed by atoms with E-state index in [-0.39, 0.29) is 5.97 Å². The molecular weight excluding hydrogens is 338 g/mol. The molecule has 0 aromatic carbocycles. The number of unbranched alkanes of at least 4 members (excludes halogenated alkanes) is 11. The molecule has 1 unspecified atom stereocenters. The van der Waals surface area contributed by atoms with Crippen molar-refractivity contribution in [1.82, 2.24) is 5.32 Å². The second-order valence-corrected chi connectivity index (χ2v) is 7.36. The van der Waals surface area contributed by atoms with Gasteiger partial charge in [0.05, 0.1) is 0 Å². The van der Waals surface area contributed by atoms with Crippen LogP contribution in [0.15, 0.2) is 12.2 Å². The summed E-state index contributed by atoms with van der Waals surface area (Å²) in [6, 6.07) is 0. The fraction of sp³-hybridized carbons (Fsp3) is 0.864. The fourth-order valence-electron chi connectivity index (χ4n) is 2.96. The van der Waals surface area contributed by atoms with Crippen LogP contribution in [0.4, 0.5) is 0 Å². The van der Waals surface area contributed by atoms with Gasteiger partial charge in [-0.05, 0) is 32.1 Å². The molecule has 5 N–H and O–H groups in total. The monoisotopic (exact) mass is 383 g/mol. The number of nitrogens with two attached hydrogens (primary N) is 2. The molecule has 0 radical (unpaired) electrons. The highest BCUT2D eigenvalue weighted by Crippen LogP contribution is 2.10. The van der Waals surface area contributed by atoms with Crippen molar-refractivity contribution in [1.29, 1.82) is 0 Å². The van der Waals surface area contributed by atoms with Crippen molar-refractivity contribution in [3.63, 3.8) is 0 Å². The van der Waals surface area contributed by atoms with E-state index in [0.29, 0.717) is 26.1 Å². The van der Waals surface area contributed by atoms with Crippen LogP contribution in [0.1, 0.15) is 96.8 Å². The third-order valence-electron chi connectivity index (χ3n) is 4.59. The number of nitrogens with one attached hydrogen (secondary N) is 1. The van der Waals surface area contributed by atoms with Gasteiger partial charge in [-0.1, -0.05) is 70.4 Å². The molecule has 5 nitrogen and oxygen atoms in total. The molecule has 0 aliphatic heterocycles. The molecule has 0 fully saturated rings. The van der Waals surface area contributed by atoms with Crippen molar-refractivity contribution in [2.24, 2.45) is 11.5 Å². The van der Waals surface area contributed by atoms with Gasteiger partial charge in [0.25, 0.3) is 0 Å². The van der Waals surface area contributed by atoms with E-state index in [1.54, 1.807) is 0 Å². The van der Waals surface area contributed by atoms with Crippen LogP contribution in [0.2, 0.25) is 0 Å². The molecule has 0 saturated heterocycles. The first-order valence-corrected chi connectivity index (χ1v) is 11.2. The van der Waals surface area contributed by atoms with Gasteiger partial charge < -0.3 is 15.8 Å². The van der Waals surface area contributed by atoms with Crippen LogP contribution in [0.25, 0.3) is 0 Å². The first kappa shape index (κ1) is 26.1. The molecule has 27 heavy (non-hydrogen) atoms. The Hall–Kier alpha value is -0.910. The fourth-order valence-corrected chi connectivity index (χ4v) is 2.96. The number of hydrogen-bond donors (Lipinski definition) is 3. The van der Waals surface area contributed by atoms with E-state index in [9.17, 15) is 4.79 Å². The lowest BCUT2D eigenvalue weighted by Gasteiger charge is -2.13. The van der Waals surface area contributed by atoms with Crippen molar-refractivity contribution in [2.75, 3.05) is 19.6 Å². The molecule has 0 aliphatic carbocycles. The van der Waals surface area contributed by atoms with Crippen molar-refractivity contribution in [3.8, 4) is 0 Å². The Morgan fingerprint density at radius 3 is 2.07 bits per heavy atom. The minimum absolute atomic E-state index is 0.199. The minimum atomic E-state index is -0.577. The van der Waals surface area contributed by atoms with E-state index in [4.69, 9.17) is 16.2 Å². The predicted octanol–water partition coefficient (Wildman–Crippen LogP) is 4.40. The van der Waals surface area contributed by atoms with E-state index in [0.717, 1.165) is 12.8 Å². The van der Waals surface area contributed by atoms with Gasteiger partial charge in [0, 0.05) is 26.1 Å². The Kier molecular flexibility index (Phi) is 20.7. The molecule has 0 aromatic heterocycles. The highest BCUT2D eigenvalue weighted by atomic mass is 16.6. The second-order valence-electron chi connectivity index (χ2n) is 7.36. The second kappa shape index (κ2) is 21.4. The smallest absolute Gasteiger partial charge is 0.307 e. The van der Waals surface area contributed by atoms with Gasteiger partial charge in [-0.3, -0.25) is 10.5 Å². The minimum Gasteiger partial charge on any atom is -0.445 e. The number of allylic oxidation sites excluding steroid dienone is 2. The Morgan fingerprint density at radius 1 is 0.926 bits per heavy atom. The van der Waals surface area contributed by atoms with Crippen LogP contribution in [0.5, 0.6) is 0 Å². The molecule has 0 heterocycles. The zero-order valence-electron chi connectivity index (χ0n) is 17.7. The van der Waals surface area contributed by atoms with E-state index < -0.39 is 6.23 Å². The lowest BCUT2D eigenvalue weighted by atomic mass is 10.1. The van der Waals surface area contributed by atoms with Gasteiger partial charge in [-0.2, -0.15) is 0 Å². The quantitative estimate of drug-likeness (QED) is 0.125. The molecule has 0 spiro atoms. The third-order valence-corrected chi connectivity index (χ3v) is 4.59. The van der Waals surface area contributed by atoms with Crippen molar-refractivity contribution < 1.29 is 9.53 Å². The third kappa shape index (κ3) is 21.2. The number of carbonyl (C=O) groups excluding carboxylic acids is 1. The molecular formula is C22H45N3O2. The van der Waals surface area contributed by atoms with Gasteiger partial charge in [-0.25, -0.2) is 0 Å². The van der Waals surface area contributed by atoms with Crippen LogP contribution < -0.4 is 16.8 Å². The van der Waals surface area contributed by atoms with Crippen molar-refractivity contribution in [2.45, 2.75) is 103 Å². The van der Waals surface area contributed by atoms with Gasteiger partial charge in [0.1, 0.15) is 0 Å². The van der Waals surface area contributed by atoms with E-state index in [2.05, 4.69) is 24.4 Å². The van der Waals surface area contributed by atoms with Crippen LogP contribution >= 0.6 is 0 Å². The Balaban J connectivity index is 3.30. The maximum atomic E-state index is 11.7. The van der Waals surface area contributed by atoms with Gasteiger partial charge in [0.15, 0.2) is 6.23 Å².